The van der Waals surface area contributed by atoms with Crippen molar-refractivity contribution < 1.29 is 9.26 Å². The third-order valence-corrected chi connectivity index (χ3v) is 4.57. The third kappa shape index (κ3) is 3.04. The summed E-state index contributed by atoms with van der Waals surface area (Å²) in [5, 5.41) is 4.14. The first-order chi connectivity index (χ1) is 9.42. The van der Waals surface area contributed by atoms with E-state index in [-0.39, 0.29) is 6.04 Å². The molecule has 1 unspecified atom stereocenters. The molecule has 1 atom stereocenters. The lowest BCUT2D eigenvalue weighted by atomic mass is 9.70. The van der Waals surface area contributed by atoms with Crippen LogP contribution in [0.3, 0.4) is 0 Å². The van der Waals surface area contributed by atoms with Gasteiger partial charge in [-0.15, -0.1) is 0 Å². The van der Waals surface area contributed by atoms with Crippen LogP contribution < -0.4 is 5.73 Å². The van der Waals surface area contributed by atoms with Crippen LogP contribution in [-0.2, 0) is 10.3 Å². The number of aromatic nitrogens is 2. The fourth-order valence-corrected chi connectivity index (χ4v) is 2.85. The standard InChI is InChI=1S/C15H27N3O2/c1-5-6-11(16)12-17-13(18-20-12)15(19-4)9-7-14(2,3)8-10-15/h11H,5-10,16H2,1-4H3. The Hall–Kier alpha value is -0.940. The molecule has 1 fully saturated rings. The maximum Gasteiger partial charge on any atom is 0.243 e. The van der Waals surface area contributed by atoms with Crippen LogP contribution in [0.2, 0.25) is 0 Å². The maximum absolute atomic E-state index is 6.04. The molecule has 1 heterocycles. The molecule has 1 saturated carbocycles. The van der Waals surface area contributed by atoms with Crippen molar-refractivity contribution >= 4 is 0 Å². The van der Waals surface area contributed by atoms with Crippen molar-refractivity contribution in [1.82, 2.24) is 10.1 Å². The van der Waals surface area contributed by atoms with E-state index in [4.69, 9.17) is 15.0 Å². The Labute approximate surface area is 121 Å². The molecule has 114 valence electrons. The van der Waals surface area contributed by atoms with Gasteiger partial charge in [-0.25, -0.2) is 0 Å². The monoisotopic (exact) mass is 281 g/mol. The average molecular weight is 281 g/mol. The fraction of sp³-hybridized carbons (Fsp3) is 0.867. The van der Waals surface area contributed by atoms with Crippen LogP contribution in [0.25, 0.3) is 0 Å². The Morgan fingerprint density at radius 1 is 1.30 bits per heavy atom. The predicted molar refractivity (Wildman–Crippen MR) is 77.1 cm³/mol. The zero-order valence-electron chi connectivity index (χ0n) is 13.1. The van der Waals surface area contributed by atoms with Gasteiger partial charge in [0.15, 0.2) is 0 Å². The quantitative estimate of drug-likeness (QED) is 0.896. The SMILES string of the molecule is CCCC(N)c1nc(C2(OC)CCC(C)(C)CC2)no1. The first-order valence-corrected chi connectivity index (χ1v) is 7.57. The largest absolute Gasteiger partial charge is 0.370 e. The number of nitrogens with zero attached hydrogens (tertiary/aromatic N) is 2. The molecule has 0 amide bonds. The highest BCUT2D eigenvalue weighted by molar-refractivity contribution is 5.06. The smallest absolute Gasteiger partial charge is 0.243 e. The second kappa shape index (κ2) is 5.82. The minimum Gasteiger partial charge on any atom is -0.370 e. The molecule has 0 radical (unpaired) electrons. The summed E-state index contributed by atoms with van der Waals surface area (Å²) in [6, 6.07) is -0.171. The minimum absolute atomic E-state index is 0.171. The number of methoxy groups -OCH3 is 1. The van der Waals surface area contributed by atoms with E-state index in [1.807, 2.05) is 0 Å². The van der Waals surface area contributed by atoms with Gasteiger partial charge in [-0.05, 0) is 37.5 Å². The van der Waals surface area contributed by atoms with Crippen LogP contribution in [0, 0.1) is 5.41 Å². The van der Waals surface area contributed by atoms with E-state index in [0.717, 1.165) is 38.5 Å². The van der Waals surface area contributed by atoms with Gasteiger partial charge in [-0.3, -0.25) is 0 Å². The summed E-state index contributed by atoms with van der Waals surface area (Å²) in [6.07, 6.45) is 5.92. The summed E-state index contributed by atoms with van der Waals surface area (Å²) >= 11 is 0. The molecule has 1 aromatic rings. The van der Waals surface area contributed by atoms with Crippen LogP contribution in [0.1, 0.15) is 77.1 Å². The Kier molecular flexibility index (Phi) is 4.49. The third-order valence-electron chi connectivity index (χ3n) is 4.57. The zero-order chi connectivity index (χ0) is 14.8. The van der Waals surface area contributed by atoms with Gasteiger partial charge < -0.3 is 15.0 Å². The van der Waals surface area contributed by atoms with E-state index in [1.54, 1.807) is 7.11 Å². The van der Waals surface area contributed by atoms with Crippen molar-refractivity contribution in [3.05, 3.63) is 11.7 Å². The van der Waals surface area contributed by atoms with E-state index in [0.29, 0.717) is 17.1 Å². The van der Waals surface area contributed by atoms with Crippen LogP contribution >= 0.6 is 0 Å². The Morgan fingerprint density at radius 2 is 1.95 bits per heavy atom. The van der Waals surface area contributed by atoms with Gasteiger partial charge in [0.2, 0.25) is 11.7 Å². The fourth-order valence-electron chi connectivity index (χ4n) is 2.85. The highest BCUT2D eigenvalue weighted by atomic mass is 16.5. The molecule has 0 aliphatic heterocycles. The van der Waals surface area contributed by atoms with Gasteiger partial charge in [-0.1, -0.05) is 32.3 Å². The molecule has 1 aromatic heterocycles. The summed E-state index contributed by atoms with van der Waals surface area (Å²) < 4.78 is 11.1. The van der Waals surface area contributed by atoms with Crippen molar-refractivity contribution in [1.29, 1.82) is 0 Å². The highest BCUT2D eigenvalue weighted by Gasteiger charge is 2.43. The zero-order valence-corrected chi connectivity index (χ0v) is 13.1. The lowest BCUT2D eigenvalue weighted by molar-refractivity contribution is -0.0740. The summed E-state index contributed by atoms with van der Waals surface area (Å²) in [5.41, 5.74) is 6.01. The number of ether oxygens (including phenoxy) is 1. The summed E-state index contributed by atoms with van der Waals surface area (Å²) in [6.45, 7) is 6.69. The van der Waals surface area contributed by atoms with Gasteiger partial charge in [0.25, 0.3) is 0 Å². The number of rotatable bonds is 5. The molecular weight excluding hydrogens is 254 g/mol. The van der Waals surface area contributed by atoms with E-state index >= 15 is 0 Å². The van der Waals surface area contributed by atoms with Crippen LogP contribution in [0.15, 0.2) is 4.52 Å². The lowest BCUT2D eigenvalue weighted by Crippen LogP contribution is -2.37. The molecule has 0 saturated heterocycles. The van der Waals surface area contributed by atoms with Crippen molar-refractivity contribution in [3.8, 4) is 0 Å². The Balaban J connectivity index is 2.16. The summed E-state index contributed by atoms with van der Waals surface area (Å²) in [7, 11) is 1.74. The first kappa shape index (κ1) is 15.4. The van der Waals surface area contributed by atoms with Gasteiger partial charge in [-0.2, -0.15) is 4.98 Å². The predicted octanol–water partition coefficient (Wildman–Crippen LogP) is 3.31. The molecule has 2 N–H and O–H groups in total. The second-order valence-corrected chi connectivity index (χ2v) is 6.71. The van der Waals surface area contributed by atoms with Crippen molar-refractivity contribution in [3.63, 3.8) is 0 Å². The Morgan fingerprint density at radius 3 is 2.50 bits per heavy atom. The highest BCUT2D eigenvalue weighted by Crippen LogP contribution is 2.46. The minimum atomic E-state index is -0.400. The Bertz CT molecular complexity index is 432. The molecule has 0 bridgehead atoms. The second-order valence-electron chi connectivity index (χ2n) is 6.71. The molecule has 1 aliphatic rings. The van der Waals surface area contributed by atoms with Gasteiger partial charge >= 0.3 is 0 Å². The summed E-state index contributed by atoms with van der Waals surface area (Å²) in [5.74, 6) is 1.19. The summed E-state index contributed by atoms with van der Waals surface area (Å²) in [4.78, 5) is 4.52. The normalized spacial score (nSPS) is 22.6. The number of hydrogen-bond donors (Lipinski definition) is 1. The molecular formula is C15H27N3O2. The molecule has 2 rings (SSSR count). The van der Waals surface area contributed by atoms with E-state index in [9.17, 15) is 0 Å². The van der Waals surface area contributed by atoms with Crippen molar-refractivity contribution in [2.45, 2.75) is 70.9 Å². The number of hydrogen-bond acceptors (Lipinski definition) is 5. The van der Waals surface area contributed by atoms with E-state index < -0.39 is 5.60 Å². The molecule has 1 aliphatic carbocycles. The average Bonchev–Trinajstić information content (AvgIpc) is 2.90. The van der Waals surface area contributed by atoms with E-state index in [1.165, 1.54) is 0 Å². The van der Waals surface area contributed by atoms with Crippen LogP contribution in [-0.4, -0.2) is 17.3 Å². The molecule has 0 aromatic carbocycles. The van der Waals surface area contributed by atoms with Gasteiger partial charge in [0.1, 0.15) is 5.60 Å². The van der Waals surface area contributed by atoms with Crippen LogP contribution in [0.4, 0.5) is 0 Å². The van der Waals surface area contributed by atoms with Crippen LogP contribution in [0.5, 0.6) is 0 Å². The van der Waals surface area contributed by atoms with Crippen molar-refractivity contribution in [2.24, 2.45) is 11.1 Å². The molecule has 5 heteroatoms. The first-order valence-electron chi connectivity index (χ1n) is 7.57. The molecule has 0 spiro atoms. The number of nitrogens with two attached hydrogens (primary N) is 1. The topological polar surface area (TPSA) is 74.2 Å². The maximum atomic E-state index is 6.04. The molecule has 5 nitrogen and oxygen atoms in total. The molecule has 20 heavy (non-hydrogen) atoms. The van der Waals surface area contributed by atoms with Crippen molar-refractivity contribution in [2.75, 3.05) is 7.11 Å². The van der Waals surface area contributed by atoms with Gasteiger partial charge in [0, 0.05) is 7.11 Å². The lowest BCUT2D eigenvalue weighted by Gasteiger charge is -2.40. The van der Waals surface area contributed by atoms with E-state index in [2.05, 4.69) is 30.9 Å². The van der Waals surface area contributed by atoms with Gasteiger partial charge in [0.05, 0.1) is 6.04 Å².